The third-order valence-corrected chi connectivity index (χ3v) is 5.49. The molecule has 0 aliphatic heterocycles. The molecule has 0 amide bonds. The number of nitrogens with one attached hydrogen (secondary N) is 1. The lowest BCUT2D eigenvalue weighted by molar-refractivity contribution is 0.422. The smallest absolute Gasteiger partial charge is 0.0214 e. The van der Waals surface area contributed by atoms with Crippen molar-refractivity contribution in [3.63, 3.8) is 0 Å². The molecule has 1 aromatic rings. The first kappa shape index (κ1) is 17.7. The highest BCUT2D eigenvalue weighted by molar-refractivity contribution is 5.75. The van der Waals surface area contributed by atoms with Crippen molar-refractivity contribution < 1.29 is 0 Å². The molecule has 0 bridgehead atoms. The molecular weight excluding hydrogens is 302 g/mol. The van der Waals surface area contributed by atoms with E-state index in [1.54, 1.807) is 6.21 Å². The summed E-state index contributed by atoms with van der Waals surface area (Å²) in [6, 6.07) is 8.77. The zero-order valence-corrected chi connectivity index (χ0v) is 15.6. The van der Waals surface area contributed by atoms with E-state index in [2.05, 4.69) is 81.5 Å². The molecule has 2 aliphatic rings. The lowest BCUT2D eigenvalue weighted by atomic mass is 9.74. The summed E-state index contributed by atoms with van der Waals surface area (Å²) in [7, 11) is 0. The molecule has 1 aromatic carbocycles. The highest BCUT2D eigenvalue weighted by atomic mass is 14.4. The first-order valence-electron chi connectivity index (χ1n) is 9.42. The standard InChI is InChI=1S/C24H29N/c1-17(2)23-6-4-5-22(24(23)16-25)15-19-9-13-21(14-10-19)20-11-7-18(3)8-12-20/h4-9,11-14,16-17,19,22,24-25H,10,15H2,1-3H3/t19?,22-,24+/m1/s1. The average Bonchev–Trinajstić information content (AvgIpc) is 2.63. The quantitative estimate of drug-likeness (QED) is 0.605. The molecule has 0 heterocycles. The van der Waals surface area contributed by atoms with Gasteiger partial charge in [0.1, 0.15) is 0 Å². The number of allylic oxidation sites excluding steroid dienone is 8. The second-order valence-corrected chi connectivity index (χ2v) is 7.68. The summed E-state index contributed by atoms with van der Waals surface area (Å²) >= 11 is 0. The predicted octanol–water partition coefficient (Wildman–Crippen LogP) is 6.38. The van der Waals surface area contributed by atoms with E-state index in [0.717, 1.165) is 12.8 Å². The molecule has 0 saturated heterocycles. The maximum Gasteiger partial charge on any atom is 0.0214 e. The summed E-state index contributed by atoms with van der Waals surface area (Å²) in [5.74, 6) is 1.79. The van der Waals surface area contributed by atoms with Gasteiger partial charge >= 0.3 is 0 Å². The Morgan fingerprint density at radius 3 is 2.52 bits per heavy atom. The van der Waals surface area contributed by atoms with Gasteiger partial charge in [0.25, 0.3) is 0 Å². The van der Waals surface area contributed by atoms with Crippen LogP contribution < -0.4 is 0 Å². The highest BCUT2D eigenvalue weighted by Crippen LogP contribution is 2.36. The van der Waals surface area contributed by atoms with Crippen molar-refractivity contribution in [1.29, 1.82) is 5.41 Å². The van der Waals surface area contributed by atoms with E-state index >= 15 is 0 Å². The normalized spacial score (nSPS) is 25.7. The molecule has 1 nitrogen and oxygen atoms in total. The highest BCUT2D eigenvalue weighted by Gasteiger charge is 2.27. The number of hydrogen-bond acceptors (Lipinski definition) is 1. The van der Waals surface area contributed by atoms with E-state index in [0.29, 0.717) is 17.8 Å². The van der Waals surface area contributed by atoms with Crippen LogP contribution in [0.1, 0.15) is 37.8 Å². The van der Waals surface area contributed by atoms with Gasteiger partial charge in [-0.1, -0.05) is 85.7 Å². The van der Waals surface area contributed by atoms with Crippen LogP contribution in [0.2, 0.25) is 0 Å². The van der Waals surface area contributed by atoms with Gasteiger partial charge in [-0.05, 0) is 48.7 Å². The fourth-order valence-corrected chi connectivity index (χ4v) is 3.96. The molecule has 0 fully saturated rings. The van der Waals surface area contributed by atoms with Crippen molar-refractivity contribution in [2.45, 2.75) is 33.6 Å². The van der Waals surface area contributed by atoms with Crippen LogP contribution >= 0.6 is 0 Å². The van der Waals surface area contributed by atoms with Gasteiger partial charge in [-0.15, -0.1) is 0 Å². The summed E-state index contributed by atoms with van der Waals surface area (Å²) in [5.41, 5.74) is 5.35. The molecule has 1 heteroatoms. The topological polar surface area (TPSA) is 23.9 Å². The zero-order valence-electron chi connectivity index (χ0n) is 15.6. The Morgan fingerprint density at radius 1 is 1.16 bits per heavy atom. The molecule has 25 heavy (non-hydrogen) atoms. The second-order valence-electron chi connectivity index (χ2n) is 7.68. The maximum atomic E-state index is 7.90. The monoisotopic (exact) mass is 331 g/mol. The Kier molecular flexibility index (Phi) is 5.53. The fourth-order valence-electron chi connectivity index (χ4n) is 3.96. The number of rotatable bonds is 5. The number of hydrogen-bond donors (Lipinski definition) is 1. The Bertz CT molecular complexity index is 728. The molecule has 0 saturated carbocycles. The maximum absolute atomic E-state index is 7.90. The summed E-state index contributed by atoms with van der Waals surface area (Å²) in [6.07, 6.45) is 17.6. The zero-order chi connectivity index (χ0) is 17.8. The molecule has 130 valence electrons. The predicted molar refractivity (Wildman–Crippen MR) is 109 cm³/mol. The summed E-state index contributed by atoms with van der Waals surface area (Å²) in [5, 5.41) is 7.90. The van der Waals surface area contributed by atoms with E-state index in [1.165, 1.54) is 22.3 Å². The van der Waals surface area contributed by atoms with Gasteiger partial charge in [0.05, 0.1) is 0 Å². The van der Waals surface area contributed by atoms with Crippen molar-refractivity contribution in [3.8, 4) is 0 Å². The second kappa shape index (κ2) is 7.82. The van der Waals surface area contributed by atoms with E-state index < -0.39 is 0 Å². The van der Waals surface area contributed by atoms with Gasteiger partial charge in [-0.25, -0.2) is 0 Å². The first-order valence-corrected chi connectivity index (χ1v) is 9.42. The molecule has 1 N–H and O–H groups in total. The third kappa shape index (κ3) is 4.10. The van der Waals surface area contributed by atoms with Crippen LogP contribution in [-0.4, -0.2) is 6.21 Å². The SMILES string of the molecule is Cc1ccc(C2=CCC(C[C@H]3C=CC=C(C(C)C)[C@H]3C=N)C=C2)cc1. The van der Waals surface area contributed by atoms with Crippen molar-refractivity contribution in [1.82, 2.24) is 0 Å². The van der Waals surface area contributed by atoms with Crippen LogP contribution in [0.15, 0.2) is 66.3 Å². The van der Waals surface area contributed by atoms with Crippen molar-refractivity contribution in [2.75, 3.05) is 0 Å². The Morgan fingerprint density at radius 2 is 1.92 bits per heavy atom. The molecule has 3 rings (SSSR count). The Hall–Kier alpha value is -2.15. The largest absolute Gasteiger partial charge is 0.312 e. The Balaban J connectivity index is 1.65. The molecule has 0 radical (unpaired) electrons. The molecule has 3 atom stereocenters. The molecular formula is C24H29N. The summed E-state index contributed by atoms with van der Waals surface area (Å²) in [4.78, 5) is 0. The molecule has 0 aromatic heterocycles. The fraction of sp³-hybridized carbons (Fsp3) is 0.375. The van der Waals surface area contributed by atoms with E-state index in [-0.39, 0.29) is 5.92 Å². The lowest BCUT2D eigenvalue weighted by Gasteiger charge is -2.31. The van der Waals surface area contributed by atoms with Gasteiger partial charge < -0.3 is 5.41 Å². The van der Waals surface area contributed by atoms with Crippen molar-refractivity contribution in [3.05, 3.63) is 77.4 Å². The van der Waals surface area contributed by atoms with Gasteiger partial charge in [0.2, 0.25) is 0 Å². The van der Waals surface area contributed by atoms with Crippen LogP contribution in [0.4, 0.5) is 0 Å². The van der Waals surface area contributed by atoms with Gasteiger partial charge in [0, 0.05) is 12.1 Å². The van der Waals surface area contributed by atoms with Crippen LogP contribution in [-0.2, 0) is 0 Å². The summed E-state index contributed by atoms with van der Waals surface area (Å²) in [6.45, 7) is 6.59. The minimum absolute atomic E-state index is 0.265. The van der Waals surface area contributed by atoms with Crippen molar-refractivity contribution >= 4 is 11.8 Å². The van der Waals surface area contributed by atoms with Gasteiger partial charge in [-0.3, -0.25) is 0 Å². The van der Waals surface area contributed by atoms with Crippen LogP contribution in [0, 0.1) is 36.0 Å². The third-order valence-electron chi connectivity index (χ3n) is 5.49. The molecule has 0 spiro atoms. The van der Waals surface area contributed by atoms with Gasteiger partial charge in [0.15, 0.2) is 0 Å². The average molecular weight is 332 g/mol. The minimum atomic E-state index is 0.265. The van der Waals surface area contributed by atoms with Crippen LogP contribution in [0.5, 0.6) is 0 Å². The van der Waals surface area contributed by atoms with Gasteiger partial charge in [-0.2, -0.15) is 0 Å². The molecule has 1 unspecified atom stereocenters. The van der Waals surface area contributed by atoms with Crippen LogP contribution in [0.3, 0.4) is 0 Å². The summed E-state index contributed by atoms with van der Waals surface area (Å²) < 4.78 is 0. The Labute approximate surface area is 152 Å². The van der Waals surface area contributed by atoms with E-state index in [1.807, 2.05) is 0 Å². The first-order chi connectivity index (χ1) is 12.1. The van der Waals surface area contributed by atoms with E-state index in [4.69, 9.17) is 5.41 Å². The number of benzene rings is 1. The van der Waals surface area contributed by atoms with Crippen molar-refractivity contribution in [2.24, 2.45) is 23.7 Å². The molecule has 2 aliphatic carbocycles. The van der Waals surface area contributed by atoms with Crippen LogP contribution in [0.25, 0.3) is 5.57 Å². The van der Waals surface area contributed by atoms with E-state index in [9.17, 15) is 0 Å². The number of aryl methyl sites for hydroxylation is 1. The minimum Gasteiger partial charge on any atom is -0.312 e. The lowest BCUT2D eigenvalue weighted by Crippen LogP contribution is -2.23.